The summed E-state index contributed by atoms with van der Waals surface area (Å²) in [4.78, 5) is 25.5. The number of carbonyl (C=O) groups excluding carboxylic acids is 1. The molecule has 18 heavy (non-hydrogen) atoms. The Labute approximate surface area is 108 Å². The molecule has 0 spiro atoms. The first-order valence-corrected chi connectivity index (χ1v) is 7.11. The van der Waals surface area contributed by atoms with Crippen LogP contribution >= 0.6 is 0 Å². The summed E-state index contributed by atoms with van der Waals surface area (Å²) in [7, 11) is 0. The highest BCUT2D eigenvalue weighted by Crippen LogP contribution is 2.43. The van der Waals surface area contributed by atoms with E-state index in [9.17, 15) is 9.59 Å². The van der Waals surface area contributed by atoms with Crippen LogP contribution in [-0.2, 0) is 9.59 Å². The minimum atomic E-state index is -0.760. The van der Waals surface area contributed by atoms with Crippen LogP contribution < -0.4 is 0 Å². The Bertz CT molecular complexity index is 334. The number of likely N-dealkylation sites (tertiary alicyclic amines) is 1. The van der Waals surface area contributed by atoms with Gasteiger partial charge in [0.15, 0.2) is 0 Å². The van der Waals surface area contributed by atoms with Crippen LogP contribution in [0.1, 0.15) is 51.9 Å². The molecule has 1 aliphatic heterocycles. The van der Waals surface area contributed by atoms with Crippen LogP contribution in [0.5, 0.6) is 0 Å². The van der Waals surface area contributed by atoms with E-state index in [4.69, 9.17) is 5.11 Å². The molecule has 1 N–H and O–H groups in total. The lowest BCUT2D eigenvalue weighted by molar-refractivity contribution is -0.149. The lowest BCUT2D eigenvalue weighted by Crippen LogP contribution is -2.48. The fourth-order valence-corrected chi connectivity index (χ4v) is 3.47. The molecular weight excluding hydrogens is 230 g/mol. The molecule has 1 atom stereocenters. The number of aliphatic carboxylic acids is 1. The molecule has 0 unspecified atom stereocenters. The van der Waals surface area contributed by atoms with Gasteiger partial charge in [-0.05, 0) is 32.1 Å². The van der Waals surface area contributed by atoms with Gasteiger partial charge in [-0.2, -0.15) is 0 Å². The van der Waals surface area contributed by atoms with E-state index in [-0.39, 0.29) is 17.2 Å². The van der Waals surface area contributed by atoms with E-state index in [1.54, 1.807) is 0 Å². The minimum Gasteiger partial charge on any atom is -0.481 e. The SMILES string of the molecule is CCC1(C(=O)N2CCC[C@H](C(=O)O)C2)CCCC1. The van der Waals surface area contributed by atoms with E-state index in [0.29, 0.717) is 13.0 Å². The standard InChI is InChI=1S/C14H23NO3/c1-2-14(7-3-4-8-14)13(18)15-9-5-6-11(10-15)12(16)17/h11H,2-10H2,1H3,(H,16,17)/t11-/m0/s1. The summed E-state index contributed by atoms with van der Waals surface area (Å²) >= 11 is 0. The van der Waals surface area contributed by atoms with Crippen molar-refractivity contribution >= 4 is 11.9 Å². The molecular formula is C14H23NO3. The molecule has 2 rings (SSSR count). The van der Waals surface area contributed by atoms with Crippen molar-refractivity contribution in [3.8, 4) is 0 Å². The van der Waals surface area contributed by atoms with Gasteiger partial charge in [0.05, 0.1) is 5.92 Å². The topological polar surface area (TPSA) is 57.6 Å². The second-order valence-corrected chi connectivity index (χ2v) is 5.77. The van der Waals surface area contributed by atoms with Crippen molar-refractivity contribution in [2.75, 3.05) is 13.1 Å². The second-order valence-electron chi connectivity index (χ2n) is 5.77. The van der Waals surface area contributed by atoms with Gasteiger partial charge in [-0.25, -0.2) is 0 Å². The largest absolute Gasteiger partial charge is 0.481 e. The van der Waals surface area contributed by atoms with E-state index in [1.165, 1.54) is 0 Å². The third kappa shape index (κ3) is 2.38. The van der Waals surface area contributed by atoms with E-state index < -0.39 is 5.97 Å². The molecule has 2 fully saturated rings. The molecule has 2 aliphatic rings. The van der Waals surface area contributed by atoms with Crippen molar-refractivity contribution in [1.82, 2.24) is 4.90 Å². The lowest BCUT2D eigenvalue weighted by Gasteiger charge is -2.37. The molecule has 0 aromatic heterocycles. The van der Waals surface area contributed by atoms with Gasteiger partial charge >= 0.3 is 5.97 Å². The van der Waals surface area contributed by atoms with Crippen LogP contribution in [0.15, 0.2) is 0 Å². The van der Waals surface area contributed by atoms with Crippen LogP contribution in [0.3, 0.4) is 0 Å². The van der Waals surface area contributed by atoms with Gasteiger partial charge in [-0.3, -0.25) is 9.59 Å². The van der Waals surface area contributed by atoms with Crippen molar-refractivity contribution in [3.05, 3.63) is 0 Å². The van der Waals surface area contributed by atoms with E-state index in [0.717, 1.165) is 45.1 Å². The molecule has 0 radical (unpaired) electrons. The summed E-state index contributed by atoms with van der Waals surface area (Å²) in [5, 5.41) is 9.09. The van der Waals surface area contributed by atoms with Gasteiger partial charge < -0.3 is 10.0 Å². The third-order valence-electron chi connectivity index (χ3n) is 4.75. The normalized spacial score (nSPS) is 27.2. The van der Waals surface area contributed by atoms with Gasteiger partial charge in [0.25, 0.3) is 0 Å². The fourth-order valence-electron chi connectivity index (χ4n) is 3.47. The molecule has 1 saturated heterocycles. The number of rotatable bonds is 3. The quantitative estimate of drug-likeness (QED) is 0.839. The molecule has 1 saturated carbocycles. The van der Waals surface area contributed by atoms with Gasteiger partial charge in [-0.1, -0.05) is 19.8 Å². The average Bonchev–Trinajstić information content (AvgIpc) is 2.88. The third-order valence-corrected chi connectivity index (χ3v) is 4.75. The number of hydrogen-bond acceptors (Lipinski definition) is 2. The zero-order chi connectivity index (χ0) is 13.2. The molecule has 1 heterocycles. The van der Waals surface area contributed by atoms with Crippen molar-refractivity contribution in [1.29, 1.82) is 0 Å². The maximum Gasteiger partial charge on any atom is 0.308 e. The van der Waals surface area contributed by atoms with E-state index in [1.807, 2.05) is 4.90 Å². The summed E-state index contributed by atoms with van der Waals surface area (Å²) in [6.45, 7) is 3.24. The first-order chi connectivity index (χ1) is 8.59. The Morgan fingerprint density at radius 3 is 2.50 bits per heavy atom. The van der Waals surface area contributed by atoms with Gasteiger partial charge in [0, 0.05) is 18.5 Å². The van der Waals surface area contributed by atoms with Crippen LogP contribution in [0.2, 0.25) is 0 Å². The van der Waals surface area contributed by atoms with Crippen molar-refractivity contribution in [2.45, 2.75) is 51.9 Å². The zero-order valence-electron chi connectivity index (χ0n) is 11.2. The highest BCUT2D eigenvalue weighted by atomic mass is 16.4. The highest BCUT2D eigenvalue weighted by Gasteiger charge is 2.43. The Balaban J connectivity index is 2.06. The molecule has 4 nitrogen and oxygen atoms in total. The predicted octanol–water partition coefficient (Wildman–Crippen LogP) is 2.28. The number of nitrogens with zero attached hydrogens (tertiary/aromatic N) is 1. The number of amides is 1. The van der Waals surface area contributed by atoms with Crippen molar-refractivity contribution < 1.29 is 14.7 Å². The Morgan fingerprint density at radius 1 is 1.28 bits per heavy atom. The van der Waals surface area contributed by atoms with Crippen LogP contribution in [0, 0.1) is 11.3 Å². The van der Waals surface area contributed by atoms with Crippen molar-refractivity contribution in [2.24, 2.45) is 11.3 Å². The Kier molecular flexibility index (Phi) is 3.93. The molecule has 1 aliphatic carbocycles. The Morgan fingerprint density at radius 2 is 1.94 bits per heavy atom. The summed E-state index contributed by atoms with van der Waals surface area (Å²) in [6, 6.07) is 0. The van der Waals surface area contributed by atoms with Gasteiger partial charge in [-0.15, -0.1) is 0 Å². The lowest BCUT2D eigenvalue weighted by atomic mass is 9.81. The van der Waals surface area contributed by atoms with E-state index >= 15 is 0 Å². The fraction of sp³-hybridized carbons (Fsp3) is 0.857. The number of carboxylic acids is 1. The summed E-state index contributed by atoms with van der Waals surface area (Å²) < 4.78 is 0. The molecule has 0 bridgehead atoms. The smallest absolute Gasteiger partial charge is 0.308 e. The van der Waals surface area contributed by atoms with E-state index in [2.05, 4.69) is 6.92 Å². The predicted molar refractivity (Wildman–Crippen MR) is 68.1 cm³/mol. The molecule has 1 amide bonds. The number of piperidine rings is 1. The zero-order valence-corrected chi connectivity index (χ0v) is 11.2. The number of carboxylic acid groups (broad SMARTS) is 1. The van der Waals surface area contributed by atoms with Crippen LogP contribution in [0.25, 0.3) is 0 Å². The van der Waals surface area contributed by atoms with Crippen LogP contribution in [-0.4, -0.2) is 35.0 Å². The van der Waals surface area contributed by atoms with Crippen molar-refractivity contribution in [3.63, 3.8) is 0 Å². The maximum absolute atomic E-state index is 12.7. The molecule has 102 valence electrons. The van der Waals surface area contributed by atoms with Gasteiger partial charge in [0.1, 0.15) is 0 Å². The van der Waals surface area contributed by atoms with Crippen LogP contribution in [0.4, 0.5) is 0 Å². The minimum absolute atomic E-state index is 0.180. The number of carbonyl (C=O) groups is 2. The monoisotopic (exact) mass is 253 g/mol. The molecule has 0 aromatic rings. The second kappa shape index (κ2) is 5.29. The first-order valence-electron chi connectivity index (χ1n) is 7.11. The highest BCUT2D eigenvalue weighted by molar-refractivity contribution is 5.84. The molecule has 0 aromatic carbocycles. The van der Waals surface area contributed by atoms with Gasteiger partial charge in [0.2, 0.25) is 5.91 Å². The average molecular weight is 253 g/mol. The summed E-state index contributed by atoms with van der Waals surface area (Å²) in [6.07, 6.45) is 6.65. The summed E-state index contributed by atoms with van der Waals surface area (Å²) in [5.74, 6) is -0.907. The number of hydrogen-bond donors (Lipinski definition) is 1. The maximum atomic E-state index is 12.7. The molecule has 4 heteroatoms. The summed E-state index contributed by atoms with van der Waals surface area (Å²) in [5.41, 5.74) is -0.180. The first kappa shape index (κ1) is 13.4. The Hall–Kier alpha value is -1.06.